The van der Waals surface area contributed by atoms with Crippen LogP contribution in [-0.4, -0.2) is 24.5 Å². The van der Waals surface area contributed by atoms with E-state index >= 15 is 0 Å². The molecule has 0 radical (unpaired) electrons. The molecular weight excluding hydrogens is 122 g/mol. The summed E-state index contributed by atoms with van der Waals surface area (Å²) in [5.41, 5.74) is 0.773. The summed E-state index contributed by atoms with van der Waals surface area (Å²) < 4.78 is 0. The summed E-state index contributed by atoms with van der Waals surface area (Å²) in [6.07, 6.45) is 5.83. The third-order valence-electron chi connectivity index (χ3n) is 3.82. The van der Waals surface area contributed by atoms with Crippen molar-refractivity contribution in [2.75, 3.05) is 13.6 Å². The Balaban J connectivity index is 2.12. The third-order valence-corrected chi connectivity index (χ3v) is 3.82. The van der Waals surface area contributed by atoms with Crippen molar-refractivity contribution in [2.24, 2.45) is 5.41 Å². The van der Waals surface area contributed by atoms with E-state index in [1.807, 2.05) is 0 Å². The van der Waals surface area contributed by atoms with Gasteiger partial charge in [-0.15, -0.1) is 0 Å². The monoisotopic (exact) mass is 139 g/mol. The number of likely N-dealkylation sites (tertiary alicyclic amines) is 1. The second-order valence-corrected chi connectivity index (χ2v) is 4.00. The first-order chi connectivity index (χ1) is 4.78. The molecule has 2 atom stereocenters. The first kappa shape index (κ1) is 6.66. The molecule has 2 rings (SSSR count). The fourth-order valence-corrected chi connectivity index (χ4v) is 2.81. The van der Waals surface area contributed by atoms with E-state index in [9.17, 15) is 0 Å². The Labute approximate surface area is 63.4 Å². The zero-order valence-corrected chi connectivity index (χ0v) is 7.06. The molecule has 1 aliphatic carbocycles. The Morgan fingerprint density at radius 3 is 2.60 bits per heavy atom. The van der Waals surface area contributed by atoms with Crippen LogP contribution in [0.2, 0.25) is 0 Å². The van der Waals surface area contributed by atoms with Gasteiger partial charge in [-0.3, -0.25) is 0 Å². The van der Waals surface area contributed by atoms with E-state index in [1.165, 1.54) is 32.2 Å². The normalized spacial score (nSPS) is 46.8. The van der Waals surface area contributed by atoms with Gasteiger partial charge in [0, 0.05) is 6.04 Å². The summed E-state index contributed by atoms with van der Waals surface area (Å²) in [6, 6.07) is 0.956. The standard InChI is InChI=1S/C9H17N/c1-3-9-5-4-8(9)10(2)7-6-9/h8H,3-7H2,1-2H3. The summed E-state index contributed by atoms with van der Waals surface area (Å²) in [6.45, 7) is 3.70. The quantitative estimate of drug-likeness (QED) is 0.536. The minimum atomic E-state index is 0.773. The molecule has 2 fully saturated rings. The highest BCUT2D eigenvalue weighted by Crippen LogP contribution is 2.53. The molecule has 1 saturated carbocycles. The average Bonchev–Trinajstić information content (AvgIpc) is 2.06. The molecule has 0 amide bonds. The van der Waals surface area contributed by atoms with Gasteiger partial charge in [-0.25, -0.2) is 0 Å². The van der Waals surface area contributed by atoms with E-state index in [1.54, 1.807) is 0 Å². The fraction of sp³-hybridized carbons (Fsp3) is 1.00. The van der Waals surface area contributed by atoms with Gasteiger partial charge in [-0.05, 0) is 44.7 Å². The maximum absolute atomic E-state index is 2.55. The molecule has 1 saturated heterocycles. The topological polar surface area (TPSA) is 3.24 Å². The highest BCUT2D eigenvalue weighted by atomic mass is 15.2. The van der Waals surface area contributed by atoms with Gasteiger partial charge in [-0.2, -0.15) is 0 Å². The van der Waals surface area contributed by atoms with Gasteiger partial charge in [0.1, 0.15) is 0 Å². The van der Waals surface area contributed by atoms with Crippen LogP contribution in [0.1, 0.15) is 32.6 Å². The molecule has 0 spiro atoms. The summed E-state index contributed by atoms with van der Waals surface area (Å²) >= 11 is 0. The number of rotatable bonds is 1. The fourth-order valence-electron chi connectivity index (χ4n) is 2.81. The zero-order valence-electron chi connectivity index (χ0n) is 7.06. The lowest BCUT2D eigenvalue weighted by Crippen LogP contribution is -2.46. The molecule has 0 N–H and O–H groups in total. The minimum absolute atomic E-state index is 0.773. The number of hydrogen-bond donors (Lipinski definition) is 0. The molecule has 0 bridgehead atoms. The predicted molar refractivity (Wildman–Crippen MR) is 43.0 cm³/mol. The summed E-state index contributed by atoms with van der Waals surface area (Å²) in [5.74, 6) is 0. The summed E-state index contributed by atoms with van der Waals surface area (Å²) in [4.78, 5) is 2.55. The molecule has 1 nitrogen and oxygen atoms in total. The lowest BCUT2D eigenvalue weighted by molar-refractivity contribution is 0.0542. The Bertz CT molecular complexity index is 140. The van der Waals surface area contributed by atoms with Crippen molar-refractivity contribution in [1.29, 1.82) is 0 Å². The molecule has 2 unspecified atom stereocenters. The van der Waals surface area contributed by atoms with Crippen molar-refractivity contribution in [1.82, 2.24) is 4.90 Å². The maximum Gasteiger partial charge on any atom is 0.0149 e. The van der Waals surface area contributed by atoms with Crippen LogP contribution in [0.15, 0.2) is 0 Å². The maximum atomic E-state index is 2.55. The minimum Gasteiger partial charge on any atom is -0.303 e. The van der Waals surface area contributed by atoms with Gasteiger partial charge in [-0.1, -0.05) is 6.92 Å². The van der Waals surface area contributed by atoms with Gasteiger partial charge in [0.25, 0.3) is 0 Å². The molecule has 0 aromatic carbocycles. The number of nitrogens with zero attached hydrogens (tertiary/aromatic N) is 1. The molecule has 0 aromatic heterocycles. The van der Waals surface area contributed by atoms with Gasteiger partial charge < -0.3 is 4.90 Å². The van der Waals surface area contributed by atoms with Gasteiger partial charge >= 0.3 is 0 Å². The second-order valence-electron chi connectivity index (χ2n) is 4.00. The molecule has 1 heteroatoms. The number of fused-ring (bicyclic) bond motifs is 1. The first-order valence-electron chi connectivity index (χ1n) is 4.49. The van der Waals surface area contributed by atoms with Crippen LogP contribution in [0.5, 0.6) is 0 Å². The van der Waals surface area contributed by atoms with Crippen molar-refractivity contribution in [2.45, 2.75) is 38.6 Å². The van der Waals surface area contributed by atoms with E-state index < -0.39 is 0 Å². The Kier molecular flexibility index (Phi) is 1.31. The molecule has 58 valence electrons. The predicted octanol–water partition coefficient (Wildman–Crippen LogP) is 1.88. The van der Waals surface area contributed by atoms with E-state index in [-0.39, 0.29) is 0 Å². The smallest absolute Gasteiger partial charge is 0.0149 e. The molecule has 1 aliphatic heterocycles. The lowest BCUT2D eigenvalue weighted by atomic mass is 9.63. The van der Waals surface area contributed by atoms with E-state index in [0.29, 0.717) is 0 Å². The Morgan fingerprint density at radius 1 is 1.50 bits per heavy atom. The van der Waals surface area contributed by atoms with Gasteiger partial charge in [0.2, 0.25) is 0 Å². The van der Waals surface area contributed by atoms with Crippen LogP contribution >= 0.6 is 0 Å². The SMILES string of the molecule is CCC12CCC1N(C)CC2. The summed E-state index contributed by atoms with van der Waals surface area (Å²) in [5, 5.41) is 0. The van der Waals surface area contributed by atoms with Crippen molar-refractivity contribution in [3.63, 3.8) is 0 Å². The average molecular weight is 139 g/mol. The van der Waals surface area contributed by atoms with Crippen molar-refractivity contribution in [3.8, 4) is 0 Å². The Hall–Kier alpha value is -0.0400. The molecule has 10 heavy (non-hydrogen) atoms. The largest absolute Gasteiger partial charge is 0.303 e. The molecule has 0 aromatic rings. The van der Waals surface area contributed by atoms with Crippen LogP contribution in [0.4, 0.5) is 0 Å². The van der Waals surface area contributed by atoms with Gasteiger partial charge in [0.05, 0.1) is 0 Å². The second kappa shape index (κ2) is 1.97. The molecule has 2 aliphatic rings. The highest BCUT2D eigenvalue weighted by Gasteiger charge is 2.50. The molecular formula is C9H17N. The zero-order chi connectivity index (χ0) is 7.19. The van der Waals surface area contributed by atoms with Crippen molar-refractivity contribution in [3.05, 3.63) is 0 Å². The first-order valence-corrected chi connectivity index (χ1v) is 4.49. The highest BCUT2D eigenvalue weighted by molar-refractivity contribution is 5.04. The van der Waals surface area contributed by atoms with E-state index in [0.717, 1.165) is 11.5 Å². The van der Waals surface area contributed by atoms with Crippen molar-refractivity contribution >= 4 is 0 Å². The van der Waals surface area contributed by atoms with Gasteiger partial charge in [0.15, 0.2) is 0 Å². The Morgan fingerprint density at radius 2 is 2.30 bits per heavy atom. The van der Waals surface area contributed by atoms with Crippen LogP contribution in [0.3, 0.4) is 0 Å². The summed E-state index contributed by atoms with van der Waals surface area (Å²) in [7, 11) is 2.28. The van der Waals surface area contributed by atoms with E-state index in [4.69, 9.17) is 0 Å². The van der Waals surface area contributed by atoms with Crippen LogP contribution in [0.25, 0.3) is 0 Å². The van der Waals surface area contributed by atoms with Crippen LogP contribution in [0, 0.1) is 5.41 Å². The number of hydrogen-bond acceptors (Lipinski definition) is 1. The van der Waals surface area contributed by atoms with E-state index in [2.05, 4.69) is 18.9 Å². The molecule has 1 heterocycles. The van der Waals surface area contributed by atoms with Crippen LogP contribution in [-0.2, 0) is 0 Å². The van der Waals surface area contributed by atoms with Crippen molar-refractivity contribution < 1.29 is 0 Å². The lowest BCUT2D eigenvalue weighted by Gasteiger charge is -2.46. The third kappa shape index (κ3) is 0.619. The van der Waals surface area contributed by atoms with Crippen LogP contribution < -0.4 is 0 Å².